The molecule has 0 amide bonds. The van der Waals surface area contributed by atoms with Gasteiger partial charge in [-0.2, -0.15) is 0 Å². The molecule has 0 bridgehead atoms. The Bertz CT molecular complexity index is 153. The van der Waals surface area contributed by atoms with Crippen LogP contribution in [0.25, 0.3) is 0 Å². The van der Waals surface area contributed by atoms with Gasteiger partial charge in [-0.25, -0.2) is 0 Å². The molecule has 1 saturated carbocycles. The maximum Gasteiger partial charge on any atom is 0.0602 e. The normalized spacial score (nSPS) is 34.5. The van der Waals surface area contributed by atoms with Crippen LogP contribution in [0.2, 0.25) is 0 Å². The molecule has 2 unspecified atom stereocenters. The van der Waals surface area contributed by atoms with E-state index in [4.69, 9.17) is 4.74 Å². The summed E-state index contributed by atoms with van der Waals surface area (Å²) in [4.78, 5) is 0. The predicted octanol–water partition coefficient (Wildman–Crippen LogP) is 3.40. The first-order chi connectivity index (χ1) is 6.33. The first kappa shape index (κ1) is 10.8. The van der Waals surface area contributed by atoms with Gasteiger partial charge in [0.2, 0.25) is 0 Å². The fraction of sp³-hybridized carbons (Fsp3) is 0.833. The van der Waals surface area contributed by atoms with Crippen LogP contribution in [0.1, 0.15) is 39.0 Å². The fourth-order valence-corrected chi connectivity index (χ4v) is 2.71. The SMILES string of the molecule is C=CCC1CCC[C@@H](OC)C1CC. The van der Waals surface area contributed by atoms with E-state index in [9.17, 15) is 0 Å². The summed E-state index contributed by atoms with van der Waals surface area (Å²) in [7, 11) is 1.85. The second kappa shape index (κ2) is 5.43. The highest BCUT2D eigenvalue weighted by Crippen LogP contribution is 2.36. The van der Waals surface area contributed by atoms with E-state index in [0.29, 0.717) is 6.10 Å². The van der Waals surface area contributed by atoms with E-state index in [1.165, 1.54) is 32.1 Å². The zero-order chi connectivity index (χ0) is 9.68. The van der Waals surface area contributed by atoms with Gasteiger partial charge in [-0.15, -0.1) is 6.58 Å². The largest absolute Gasteiger partial charge is 0.381 e. The summed E-state index contributed by atoms with van der Waals surface area (Å²) >= 11 is 0. The maximum absolute atomic E-state index is 5.54. The van der Waals surface area contributed by atoms with E-state index in [1.54, 1.807) is 0 Å². The Labute approximate surface area is 82.2 Å². The second-order valence-electron chi connectivity index (χ2n) is 4.06. The van der Waals surface area contributed by atoms with Crippen molar-refractivity contribution in [2.75, 3.05) is 7.11 Å². The molecule has 0 aromatic rings. The number of rotatable bonds is 4. The summed E-state index contributed by atoms with van der Waals surface area (Å²) in [5.41, 5.74) is 0. The molecular weight excluding hydrogens is 160 g/mol. The lowest BCUT2D eigenvalue weighted by molar-refractivity contribution is -0.00542. The average Bonchev–Trinajstić information content (AvgIpc) is 2.18. The average molecular weight is 182 g/mol. The molecule has 0 saturated heterocycles. The van der Waals surface area contributed by atoms with Gasteiger partial charge in [0.15, 0.2) is 0 Å². The lowest BCUT2D eigenvalue weighted by Gasteiger charge is -2.36. The zero-order valence-corrected chi connectivity index (χ0v) is 8.96. The molecule has 1 aliphatic carbocycles. The van der Waals surface area contributed by atoms with Gasteiger partial charge in [-0.1, -0.05) is 25.8 Å². The van der Waals surface area contributed by atoms with Crippen molar-refractivity contribution < 1.29 is 4.74 Å². The minimum absolute atomic E-state index is 0.503. The topological polar surface area (TPSA) is 9.23 Å². The molecule has 3 atom stereocenters. The summed E-state index contributed by atoms with van der Waals surface area (Å²) in [5.74, 6) is 1.58. The van der Waals surface area contributed by atoms with Crippen molar-refractivity contribution in [3.63, 3.8) is 0 Å². The van der Waals surface area contributed by atoms with Crippen LogP contribution < -0.4 is 0 Å². The van der Waals surface area contributed by atoms with Crippen LogP contribution in [-0.4, -0.2) is 13.2 Å². The standard InChI is InChI=1S/C12H22O/c1-4-7-10-8-6-9-12(13-3)11(10)5-2/h4,10-12H,1,5-9H2,2-3H3/t10?,11?,12-/m1/s1. The van der Waals surface area contributed by atoms with Crippen molar-refractivity contribution >= 4 is 0 Å². The molecule has 1 rings (SSSR count). The molecule has 1 fully saturated rings. The molecule has 0 aliphatic heterocycles. The van der Waals surface area contributed by atoms with Crippen LogP contribution >= 0.6 is 0 Å². The highest BCUT2D eigenvalue weighted by molar-refractivity contribution is 4.86. The molecular formula is C12H22O. The zero-order valence-electron chi connectivity index (χ0n) is 8.96. The quantitative estimate of drug-likeness (QED) is 0.605. The molecule has 0 radical (unpaired) electrons. The van der Waals surface area contributed by atoms with Gasteiger partial charge in [0.05, 0.1) is 6.10 Å². The van der Waals surface area contributed by atoms with Crippen LogP contribution in [0.4, 0.5) is 0 Å². The smallest absolute Gasteiger partial charge is 0.0602 e. The van der Waals surface area contributed by atoms with Gasteiger partial charge in [0.1, 0.15) is 0 Å². The number of allylic oxidation sites excluding steroid dienone is 1. The molecule has 1 aliphatic rings. The Balaban J connectivity index is 2.55. The highest BCUT2D eigenvalue weighted by Gasteiger charge is 2.30. The van der Waals surface area contributed by atoms with E-state index in [0.717, 1.165) is 11.8 Å². The Hall–Kier alpha value is -0.300. The number of hydrogen-bond donors (Lipinski definition) is 0. The van der Waals surface area contributed by atoms with Crippen molar-refractivity contribution in [2.24, 2.45) is 11.8 Å². The summed E-state index contributed by atoms with van der Waals surface area (Å²) in [5, 5.41) is 0. The first-order valence-corrected chi connectivity index (χ1v) is 5.47. The van der Waals surface area contributed by atoms with Crippen molar-refractivity contribution in [3.8, 4) is 0 Å². The van der Waals surface area contributed by atoms with E-state index < -0.39 is 0 Å². The third-order valence-electron chi connectivity index (χ3n) is 3.39. The van der Waals surface area contributed by atoms with E-state index in [1.807, 2.05) is 7.11 Å². The lowest BCUT2D eigenvalue weighted by Crippen LogP contribution is -2.33. The first-order valence-electron chi connectivity index (χ1n) is 5.47. The minimum atomic E-state index is 0.503. The van der Waals surface area contributed by atoms with Crippen LogP contribution in [-0.2, 0) is 4.74 Å². The summed E-state index contributed by atoms with van der Waals surface area (Å²) in [6.45, 7) is 6.11. The third-order valence-corrected chi connectivity index (χ3v) is 3.39. The van der Waals surface area contributed by atoms with Gasteiger partial charge in [-0.3, -0.25) is 0 Å². The lowest BCUT2D eigenvalue weighted by atomic mass is 9.74. The highest BCUT2D eigenvalue weighted by atomic mass is 16.5. The Morgan fingerprint density at radius 1 is 1.46 bits per heavy atom. The summed E-state index contributed by atoms with van der Waals surface area (Å²) in [6, 6.07) is 0. The van der Waals surface area contributed by atoms with Gasteiger partial charge in [0, 0.05) is 7.11 Å². The molecule has 0 N–H and O–H groups in total. The summed E-state index contributed by atoms with van der Waals surface area (Å²) < 4.78 is 5.54. The Morgan fingerprint density at radius 3 is 2.77 bits per heavy atom. The van der Waals surface area contributed by atoms with Crippen molar-refractivity contribution in [2.45, 2.75) is 45.1 Å². The van der Waals surface area contributed by atoms with Crippen LogP contribution in [0.15, 0.2) is 12.7 Å². The molecule has 0 heterocycles. The van der Waals surface area contributed by atoms with E-state index >= 15 is 0 Å². The Kier molecular flexibility index (Phi) is 4.51. The molecule has 0 aromatic heterocycles. The fourth-order valence-electron chi connectivity index (χ4n) is 2.71. The summed E-state index contributed by atoms with van der Waals surface area (Å²) in [6.07, 6.45) is 8.92. The van der Waals surface area contributed by atoms with Crippen LogP contribution in [0.5, 0.6) is 0 Å². The predicted molar refractivity (Wildman–Crippen MR) is 56.7 cm³/mol. The van der Waals surface area contributed by atoms with Gasteiger partial charge < -0.3 is 4.74 Å². The van der Waals surface area contributed by atoms with Gasteiger partial charge in [0.25, 0.3) is 0 Å². The van der Waals surface area contributed by atoms with Crippen molar-refractivity contribution in [1.29, 1.82) is 0 Å². The number of ether oxygens (including phenoxy) is 1. The second-order valence-corrected chi connectivity index (χ2v) is 4.06. The number of hydrogen-bond acceptors (Lipinski definition) is 1. The molecule has 0 aromatic carbocycles. The number of methoxy groups -OCH3 is 1. The van der Waals surface area contributed by atoms with Gasteiger partial charge in [-0.05, 0) is 31.1 Å². The van der Waals surface area contributed by atoms with Gasteiger partial charge >= 0.3 is 0 Å². The molecule has 0 spiro atoms. The van der Waals surface area contributed by atoms with E-state index in [-0.39, 0.29) is 0 Å². The minimum Gasteiger partial charge on any atom is -0.381 e. The van der Waals surface area contributed by atoms with Crippen molar-refractivity contribution in [1.82, 2.24) is 0 Å². The van der Waals surface area contributed by atoms with Crippen LogP contribution in [0.3, 0.4) is 0 Å². The molecule has 1 nitrogen and oxygen atoms in total. The van der Waals surface area contributed by atoms with E-state index in [2.05, 4.69) is 19.6 Å². The Morgan fingerprint density at radius 2 is 2.23 bits per heavy atom. The molecule has 76 valence electrons. The molecule has 13 heavy (non-hydrogen) atoms. The van der Waals surface area contributed by atoms with Crippen LogP contribution in [0, 0.1) is 11.8 Å². The monoisotopic (exact) mass is 182 g/mol. The molecule has 1 heteroatoms. The van der Waals surface area contributed by atoms with Crippen molar-refractivity contribution in [3.05, 3.63) is 12.7 Å². The maximum atomic E-state index is 5.54. The third kappa shape index (κ3) is 2.57.